The van der Waals surface area contributed by atoms with Crippen LogP contribution in [0.5, 0.6) is 0 Å². The lowest BCUT2D eigenvalue weighted by Crippen LogP contribution is -2.66. The van der Waals surface area contributed by atoms with Gasteiger partial charge in [-0.05, 0) is 12.8 Å². The first-order valence-electron chi connectivity index (χ1n) is 3.55. The third-order valence-electron chi connectivity index (χ3n) is 2.21. The molecule has 54 valence electrons. The highest BCUT2D eigenvalue weighted by Crippen LogP contribution is 2.26. The fourth-order valence-electron chi connectivity index (χ4n) is 1.55. The molecule has 1 fully saturated rings. The van der Waals surface area contributed by atoms with Crippen LogP contribution in [0.2, 0.25) is 0 Å². The van der Waals surface area contributed by atoms with Crippen LogP contribution in [0.4, 0.5) is 0 Å². The summed E-state index contributed by atoms with van der Waals surface area (Å²) in [5, 5.41) is 0. The third-order valence-corrected chi connectivity index (χ3v) is 2.21. The Kier molecular flexibility index (Phi) is 1.08. The van der Waals surface area contributed by atoms with Crippen LogP contribution in [-0.2, 0) is 4.79 Å². The van der Waals surface area contributed by atoms with Crippen LogP contribution in [0.1, 0.15) is 12.8 Å². The second-order valence-corrected chi connectivity index (χ2v) is 2.80. The molecule has 2 atom stereocenters. The summed E-state index contributed by atoms with van der Waals surface area (Å²) in [7, 11) is 0. The zero-order valence-electron chi connectivity index (χ0n) is 5.66. The van der Waals surface area contributed by atoms with Crippen molar-refractivity contribution in [2.45, 2.75) is 24.9 Å². The molecule has 0 aromatic heterocycles. The first-order chi connectivity index (χ1) is 4.80. The van der Waals surface area contributed by atoms with Gasteiger partial charge in [0.2, 0.25) is 5.91 Å². The minimum absolute atomic E-state index is 0.0703. The van der Waals surface area contributed by atoms with Gasteiger partial charge in [-0.3, -0.25) is 4.79 Å². The van der Waals surface area contributed by atoms with Crippen molar-refractivity contribution < 1.29 is 4.79 Å². The first-order valence-corrected chi connectivity index (χ1v) is 3.55. The van der Waals surface area contributed by atoms with Gasteiger partial charge >= 0.3 is 0 Å². The van der Waals surface area contributed by atoms with E-state index in [0.29, 0.717) is 6.04 Å². The topological polar surface area (TPSA) is 46.3 Å². The van der Waals surface area contributed by atoms with Crippen molar-refractivity contribution in [3.8, 4) is 0 Å². The van der Waals surface area contributed by atoms with Crippen molar-refractivity contribution in [2.75, 3.05) is 0 Å². The van der Waals surface area contributed by atoms with E-state index < -0.39 is 0 Å². The normalized spacial score (nSPS) is 37.3. The van der Waals surface area contributed by atoms with Gasteiger partial charge in [0.1, 0.15) is 6.04 Å². The fraction of sp³-hybridized carbons (Fsp3) is 0.571. The lowest BCUT2D eigenvalue weighted by Gasteiger charge is -2.45. The first kappa shape index (κ1) is 5.92. The molecule has 0 aromatic rings. The molecule has 0 aromatic carbocycles. The van der Waals surface area contributed by atoms with Crippen molar-refractivity contribution >= 4 is 5.91 Å². The molecule has 2 aliphatic heterocycles. The number of nitrogens with zero attached hydrogens (tertiary/aromatic N) is 1. The summed E-state index contributed by atoms with van der Waals surface area (Å²) in [5.41, 5.74) is 5.55. The van der Waals surface area contributed by atoms with Gasteiger partial charge in [0.05, 0.1) is 6.04 Å². The Balaban J connectivity index is 2.18. The van der Waals surface area contributed by atoms with Gasteiger partial charge in [-0.25, -0.2) is 0 Å². The maximum absolute atomic E-state index is 10.9. The number of carbonyl (C=O) groups excluding carboxylic acids is 1. The van der Waals surface area contributed by atoms with E-state index in [2.05, 4.69) is 0 Å². The van der Waals surface area contributed by atoms with Gasteiger partial charge in [-0.15, -0.1) is 0 Å². The number of hydrogen-bond acceptors (Lipinski definition) is 2. The molecule has 1 saturated heterocycles. The SMILES string of the molecule is N[C@@H]1C(=O)N2C=CCC[C@H]12. The van der Waals surface area contributed by atoms with E-state index in [9.17, 15) is 4.79 Å². The highest BCUT2D eigenvalue weighted by molar-refractivity contribution is 5.90. The minimum atomic E-state index is -0.218. The van der Waals surface area contributed by atoms with Gasteiger partial charge in [0.15, 0.2) is 0 Å². The molecular weight excluding hydrogens is 128 g/mol. The number of amides is 1. The zero-order chi connectivity index (χ0) is 7.14. The largest absolute Gasteiger partial charge is 0.318 e. The molecule has 2 N–H and O–H groups in total. The summed E-state index contributed by atoms with van der Waals surface area (Å²) >= 11 is 0. The minimum Gasteiger partial charge on any atom is -0.318 e. The second kappa shape index (κ2) is 1.83. The van der Waals surface area contributed by atoms with Crippen molar-refractivity contribution in [3.63, 3.8) is 0 Å². The molecule has 2 heterocycles. The van der Waals surface area contributed by atoms with Crippen LogP contribution in [0.3, 0.4) is 0 Å². The number of hydrogen-bond donors (Lipinski definition) is 1. The molecule has 2 aliphatic rings. The molecule has 0 saturated carbocycles. The summed E-state index contributed by atoms with van der Waals surface area (Å²) in [6.45, 7) is 0. The molecule has 0 radical (unpaired) electrons. The average molecular weight is 138 g/mol. The van der Waals surface area contributed by atoms with E-state index in [-0.39, 0.29) is 11.9 Å². The summed E-state index contributed by atoms with van der Waals surface area (Å²) in [4.78, 5) is 12.7. The quantitative estimate of drug-likeness (QED) is 0.472. The molecule has 0 spiro atoms. The molecule has 0 bridgehead atoms. The number of β-lactam (4-membered cyclic amide) rings is 1. The third kappa shape index (κ3) is 0.555. The van der Waals surface area contributed by atoms with Gasteiger partial charge in [0.25, 0.3) is 0 Å². The second-order valence-electron chi connectivity index (χ2n) is 2.80. The summed E-state index contributed by atoms with van der Waals surface area (Å²) in [6.07, 6.45) is 5.95. The Morgan fingerprint density at radius 3 is 3.20 bits per heavy atom. The lowest BCUT2D eigenvalue weighted by molar-refractivity contribution is -0.145. The van der Waals surface area contributed by atoms with E-state index >= 15 is 0 Å². The highest BCUT2D eigenvalue weighted by Gasteiger charge is 2.43. The Morgan fingerprint density at radius 1 is 1.70 bits per heavy atom. The summed E-state index contributed by atoms with van der Waals surface area (Å²) < 4.78 is 0. The van der Waals surface area contributed by atoms with Crippen LogP contribution < -0.4 is 5.73 Å². The summed E-state index contributed by atoms with van der Waals surface area (Å²) in [6, 6.07) is 0.0856. The predicted octanol–water partition coefficient (Wildman–Crippen LogP) is -0.168. The molecule has 3 nitrogen and oxygen atoms in total. The van der Waals surface area contributed by atoms with E-state index in [1.54, 1.807) is 4.90 Å². The van der Waals surface area contributed by atoms with E-state index in [1.165, 1.54) is 0 Å². The van der Waals surface area contributed by atoms with Crippen molar-refractivity contribution in [3.05, 3.63) is 12.3 Å². The molecule has 0 aliphatic carbocycles. The molecular formula is C7H10N2O. The van der Waals surface area contributed by atoms with E-state index in [1.807, 2.05) is 12.3 Å². The average Bonchev–Trinajstić information content (AvgIpc) is 2.03. The Labute approximate surface area is 59.5 Å². The highest BCUT2D eigenvalue weighted by atomic mass is 16.2. The van der Waals surface area contributed by atoms with Crippen molar-refractivity contribution in [1.82, 2.24) is 4.90 Å². The predicted molar refractivity (Wildman–Crippen MR) is 37.0 cm³/mol. The van der Waals surface area contributed by atoms with Crippen LogP contribution in [0, 0.1) is 0 Å². The van der Waals surface area contributed by atoms with E-state index in [4.69, 9.17) is 5.73 Å². The van der Waals surface area contributed by atoms with Crippen LogP contribution >= 0.6 is 0 Å². The Bertz CT molecular complexity index is 200. The van der Waals surface area contributed by atoms with Crippen LogP contribution in [0.15, 0.2) is 12.3 Å². The maximum Gasteiger partial charge on any atom is 0.245 e. The monoisotopic (exact) mass is 138 g/mol. The zero-order valence-corrected chi connectivity index (χ0v) is 5.66. The molecule has 1 amide bonds. The molecule has 0 unspecified atom stereocenters. The van der Waals surface area contributed by atoms with Crippen LogP contribution in [0.25, 0.3) is 0 Å². The van der Waals surface area contributed by atoms with E-state index in [0.717, 1.165) is 12.8 Å². The van der Waals surface area contributed by atoms with Gasteiger partial charge in [-0.2, -0.15) is 0 Å². The number of rotatable bonds is 0. The van der Waals surface area contributed by atoms with Crippen molar-refractivity contribution in [2.24, 2.45) is 5.73 Å². The fourth-order valence-corrected chi connectivity index (χ4v) is 1.55. The standard InChI is InChI=1S/C7H10N2O/c8-6-5-3-1-2-4-9(5)7(6)10/h2,4-6H,1,3,8H2/t5-,6+/m1/s1. The smallest absolute Gasteiger partial charge is 0.245 e. The number of nitrogens with two attached hydrogens (primary N) is 1. The number of carbonyl (C=O) groups is 1. The van der Waals surface area contributed by atoms with Crippen LogP contribution in [-0.4, -0.2) is 22.9 Å². The number of fused-ring (bicyclic) bond motifs is 1. The Morgan fingerprint density at radius 2 is 2.50 bits per heavy atom. The van der Waals surface area contributed by atoms with Gasteiger partial charge < -0.3 is 10.6 Å². The van der Waals surface area contributed by atoms with Gasteiger partial charge in [0, 0.05) is 6.20 Å². The lowest BCUT2D eigenvalue weighted by atomic mass is 9.90. The summed E-state index contributed by atoms with van der Waals surface area (Å²) in [5.74, 6) is 0.0703. The number of allylic oxidation sites excluding steroid dienone is 1. The molecule has 2 rings (SSSR count). The van der Waals surface area contributed by atoms with Crippen molar-refractivity contribution in [1.29, 1.82) is 0 Å². The van der Waals surface area contributed by atoms with Gasteiger partial charge in [-0.1, -0.05) is 6.08 Å². The molecule has 10 heavy (non-hydrogen) atoms. The Hall–Kier alpha value is -0.830. The molecule has 3 heteroatoms. The maximum atomic E-state index is 10.9.